The van der Waals surface area contributed by atoms with E-state index in [1.807, 2.05) is 6.92 Å². The Morgan fingerprint density at radius 3 is 2.82 bits per heavy atom. The van der Waals surface area contributed by atoms with Gasteiger partial charge in [-0.05, 0) is 6.92 Å². The molecule has 1 rings (SSSR count). The molecule has 0 saturated heterocycles. The molecule has 94 valence electrons. The summed E-state index contributed by atoms with van der Waals surface area (Å²) >= 11 is 1.33. The summed E-state index contributed by atoms with van der Waals surface area (Å²) in [5.74, 6) is -1.30. The Labute approximate surface area is 101 Å². The van der Waals surface area contributed by atoms with Crippen LogP contribution in [0.4, 0.5) is 9.93 Å². The van der Waals surface area contributed by atoms with Crippen molar-refractivity contribution in [1.29, 1.82) is 0 Å². The number of carboxylic acid groups (broad SMARTS) is 1. The molecule has 1 atom stereocenters. The van der Waals surface area contributed by atoms with Crippen molar-refractivity contribution < 1.29 is 19.8 Å². The van der Waals surface area contributed by atoms with Crippen LogP contribution in [0.3, 0.4) is 0 Å². The van der Waals surface area contributed by atoms with Crippen molar-refractivity contribution >= 4 is 28.5 Å². The zero-order chi connectivity index (χ0) is 12.8. The number of carbonyl (C=O) groups excluding carboxylic acids is 1. The smallest absolute Gasteiger partial charge is 0.332 e. The van der Waals surface area contributed by atoms with Crippen molar-refractivity contribution in [1.82, 2.24) is 10.3 Å². The zero-order valence-electron chi connectivity index (χ0n) is 9.14. The molecule has 4 N–H and O–H groups in total. The maximum Gasteiger partial charge on any atom is 0.332 e. The van der Waals surface area contributed by atoms with Gasteiger partial charge in [-0.2, -0.15) is 0 Å². The second kappa shape index (κ2) is 6.16. The molecule has 0 aliphatic rings. The quantitative estimate of drug-likeness (QED) is 0.612. The molecule has 2 amide bonds. The Kier molecular flexibility index (Phi) is 4.85. The van der Waals surface area contributed by atoms with Crippen LogP contribution in [-0.4, -0.2) is 39.8 Å². The van der Waals surface area contributed by atoms with Gasteiger partial charge in [0, 0.05) is 24.0 Å². The summed E-state index contributed by atoms with van der Waals surface area (Å²) in [5, 5.41) is 22.7. The Bertz CT molecular complexity index is 407. The summed E-state index contributed by atoms with van der Waals surface area (Å²) in [5.41, 5.74) is 0. The Morgan fingerprint density at radius 1 is 1.59 bits per heavy atom. The fourth-order valence-electron chi connectivity index (χ4n) is 1.000. The van der Waals surface area contributed by atoms with Crippen LogP contribution in [0.5, 0.6) is 0 Å². The van der Waals surface area contributed by atoms with Crippen molar-refractivity contribution in [3.8, 4) is 0 Å². The molecule has 1 aromatic rings. The summed E-state index contributed by atoms with van der Waals surface area (Å²) in [4.78, 5) is 26.5. The number of urea groups is 1. The summed E-state index contributed by atoms with van der Waals surface area (Å²) in [6.45, 7) is 1.94. The number of anilines is 1. The number of thiazole rings is 1. The van der Waals surface area contributed by atoms with E-state index in [-0.39, 0.29) is 13.0 Å². The number of aromatic nitrogens is 1. The fourth-order valence-corrected chi connectivity index (χ4v) is 1.66. The van der Waals surface area contributed by atoms with Gasteiger partial charge in [0.25, 0.3) is 0 Å². The van der Waals surface area contributed by atoms with Gasteiger partial charge in [0.15, 0.2) is 11.2 Å². The number of nitrogens with zero attached hydrogens (tertiary/aromatic N) is 1. The third-order valence-corrected chi connectivity index (χ3v) is 2.66. The minimum atomic E-state index is -1.46. The molecular weight excluding hydrogens is 246 g/mol. The summed E-state index contributed by atoms with van der Waals surface area (Å²) in [6, 6.07) is -0.475. The topological polar surface area (TPSA) is 112 Å². The van der Waals surface area contributed by atoms with Crippen LogP contribution >= 0.6 is 11.3 Å². The first-order valence-electron chi connectivity index (χ1n) is 4.87. The predicted octanol–water partition coefficient (Wildman–Crippen LogP) is 0.409. The molecule has 0 spiro atoms. The van der Waals surface area contributed by atoms with Crippen LogP contribution < -0.4 is 10.6 Å². The Morgan fingerprint density at radius 2 is 2.29 bits per heavy atom. The molecule has 0 radical (unpaired) electrons. The molecule has 17 heavy (non-hydrogen) atoms. The maximum atomic E-state index is 11.3. The number of aliphatic hydroxyl groups excluding tert-OH is 1. The van der Waals surface area contributed by atoms with Crippen LogP contribution in [0, 0.1) is 6.92 Å². The van der Waals surface area contributed by atoms with Gasteiger partial charge < -0.3 is 15.5 Å². The number of hydrogen-bond acceptors (Lipinski definition) is 5. The van der Waals surface area contributed by atoms with E-state index in [0.717, 1.165) is 4.88 Å². The molecule has 0 aliphatic heterocycles. The maximum absolute atomic E-state index is 11.3. The molecule has 1 heterocycles. The Hall–Kier alpha value is -1.67. The van der Waals surface area contributed by atoms with E-state index in [4.69, 9.17) is 10.2 Å². The molecule has 0 aromatic carbocycles. The predicted molar refractivity (Wildman–Crippen MR) is 62.1 cm³/mol. The first-order chi connectivity index (χ1) is 7.99. The monoisotopic (exact) mass is 259 g/mol. The minimum absolute atomic E-state index is 0.0420. The number of aryl methyl sites for hydroxylation is 1. The Balaban J connectivity index is 2.24. The third-order valence-electron chi connectivity index (χ3n) is 1.83. The second-order valence-corrected chi connectivity index (χ2v) is 4.53. The van der Waals surface area contributed by atoms with E-state index in [2.05, 4.69) is 15.6 Å². The van der Waals surface area contributed by atoms with E-state index in [1.165, 1.54) is 11.3 Å². The van der Waals surface area contributed by atoms with E-state index < -0.39 is 18.1 Å². The number of carboxylic acids is 1. The highest BCUT2D eigenvalue weighted by atomic mass is 32.1. The molecule has 8 heteroatoms. The van der Waals surface area contributed by atoms with E-state index >= 15 is 0 Å². The van der Waals surface area contributed by atoms with Crippen LogP contribution in [0.15, 0.2) is 6.20 Å². The highest BCUT2D eigenvalue weighted by Crippen LogP contribution is 2.15. The molecule has 0 saturated carbocycles. The number of aliphatic carboxylic acids is 1. The highest BCUT2D eigenvalue weighted by Gasteiger charge is 2.13. The van der Waals surface area contributed by atoms with Gasteiger partial charge in [-0.25, -0.2) is 14.6 Å². The lowest BCUT2D eigenvalue weighted by Gasteiger charge is -2.07. The molecule has 1 aromatic heterocycles. The van der Waals surface area contributed by atoms with Gasteiger partial charge >= 0.3 is 12.0 Å². The number of nitrogens with one attached hydrogen (secondary N) is 2. The number of aliphatic hydroxyl groups is 1. The van der Waals surface area contributed by atoms with Crippen LogP contribution in [0.2, 0.25) is 0 Å². The molecular formula is C9H13N3O4S. The second-order valence-electron chi connectivity index (χ2n) is 3.30. The van der Waals surface area contributed by atoms with Crippen molar-refractivity contribution in [3.05, 3.63) is 11.1 Å². The standard InChI is InChI=1S/C9H13N3O4S/c1-5-4-11-9(17-5)12-8(16)10-3-2-6(13)7(14)15/h4,6,13H,2-3H2,1H3,(H,14,15)(H2,10,11,12,16)/t6-/m0/s1. The normalized spacial score (nSPS) is 11.9. The van der Waals surface area contributed by atoms with Crippen molar-refractivity contribution in [2.45, 2.75) is 19.4 Å². The van der Waals surface area contributed by atoms with E-state index in [0.29, 0.717) is 5.13 Å². The zero-order valence-corrected chi connectivity index (χ0v) is 9.95. The number of amides is 2. The van der Waals surface area contributed by atoms with E-state index in [1.54, 1.807) is 6.20 Å². The van der Waals surface area contributed by atoms with Gasteiger partial charge in [-0.1, -0.05) is 0 Å². The lowest BCUT2D eigenvalue weighted by Crippen LogP contribution is -2.33. The van der Waals surface area contributed by atoms with Gasteiger partial charge in [-0.15, -0.1) is 11.3 Å². The lowest BCUT2D eigenvalue weighted by molar-refractivity contribution is -0.146. The third kappa shape index (κ3) is 4.79. The first kappa shape index (κ1) is 13.4. The van der Waals surface area contributed by atoms with E-state index in [9.17, 15) is 9.59 Å². The van der Waals surface area contributed by atoms with Gasteiger partial charge in [-0.3, -0.25) is 5.32 Å². The average molecular weight is 259 g/mol. The number of carbonyl (C=O) groups is 2. The molecule has 0 bridgehead atoms. The molecule has 0 aliphatic carbocycles. The summed E-state index contributed by atoms with van der Waals surface area (Å²) in [7, 11) is 0. The van der Waals surface area contributed by atoms with Gasteiger partial charge in [0.1, 0.15) is 0 Å². The molecule has 7 nitrogen and oxygen atoms in total. The first-order valence-corrected chi connectivity index (χ1v) is 5.69. The largest absolute Gasteiger partial charge is 0.479 e. The number of rotatable bonds is 5. The lowest BCUT2D eigenvalue weighted by atomic mass is 10.2. The van der Waals surface area contributed by atoms with Crippen molar-refractivity contribution in [3.63, 3.8) is 0 Å². The fraction of sp³-hybridized carbons (Fsp3) is 0.444. The summed E-state index contributed by atoms with van der Waals surface area (Å²) < 4.78 is 0. The van der Waals surface area contributed by atoms with Crippen molar-refractivity contribution in [2.24, 2.45) is 0 Å². The highest BCUT2D eigenvalue weighted by molar-refractivity contribution is 7.15. The average Bonchev–Trinajstić information content (AvgIpc) is 2.63. The minimum Gasteiger partial charge on any atom is -0.479 e. The molecule has 0 fully saturated rings. The van der Waals surface area contributed by atoms with Gasteiger partial charge in [0.05, 0.1) is 0 Å². The molecule has 0 unspecified atom stereocenters. The van der Waals surface area contributed by atoms with Gasteiger partial charge in [0.2, 0.25) is 0 Å². The van der Waals surface area contributed by atoms with Crippen LogP contribution in [-0.2, 0) is 4.79 Å². The van der Waals surface area contributed by atoms with Crippen LogP contribution in [0.25, 0.3) is 0 Å². The SMILES string of the molecule is Cc1cnc(NC(=O)NCC[C@H](O)C(=O)O)s1. The van der Waals surface area contributed by atoms with Crippen molar-refractivity contribution in [2.75, 3.05) is 11.9 Å². The summed E-state index contributed by atoms with van der Waals surface area (Å²) in [6.07, 6.45) is 0.131. The number of hydrogen-bond donors (Lipinski definition) is 4. The van der Waals surface area contributed by atoms with Crippen LogP contribution in [0.1, 0.15) is 11.3 Å².